The second-order valence-corrected chi connectivity index (χ2v) is 5.25. The lowest BCUT2D eigenvalue weighted by molar-refractivity contribution is -0.129. The van der Waals surface area contributed by atoms with Crippen molar-refractivity contribution in [2.75, 3.05) is 6.54 Å². The van der Waals surface area contributed by atoms with Crippen molar-refractivity contribution in [3.05, 3.63) is 40.8 Å². The number of carbonyl (C=O) groups excluding carboxylic acids is 2. The van der Waals surface area contributed by atoms with Gasteiger partial charge in [0, 0.05) is 6.54 Å². The summed E-state index contributed by atoms with van der Waals surface area (Å²) in [4.78, 5) is 35.9. The molecule has 0 spiro atoms. The molecule has 0 aliphatic heterocycles. The van der Waals surface area contributed by atoms with Gasteiger partial charge >= 0.3 is 5.69 Å². The van der Waals surface area contributed by atoms with E-state index in [1.165, 1.54) is 0 Å². The molecule has 2 aromatic rings. The van der Waals surface area contributed by atoms with Crippen LogP contribution < -0.4 is 16.3 Å². The van der Waals surface area contributed by atoms with Gasteiger partial charge in [0.1, 0.15) is 12.6 Å². The molecule has 0 fully saturated rings. The highest BCUT2D eigenvalue weighted by Gasteiger charge is 2.17. The van der Waals surface area contributed by atoms with Crippen LogP contribution in [-0.4, -0.2) is 44.2 Å². The second-order valence-electron chi connectivity index (χ2n) is 5.25. The fourth-order valence-electron chi connectivity index (χ4n) is 1.99. The zero-order valence-corrected chi connectivity index (χ0v) is 13.6. The number of hydrogen-bond acceptors (Lipinski definition) is 5. The monoisotopic (exact) mass is 332 g/mol. The van der Waals surface area contributed by atoms with Crippen molar-refractivity contribution in [3.63, 3.8) is 0 Å². The molecule has 9 heteroatoms. The quantitative estimate of drug-likeness (QED) is 0.707. The molecule has 0 saturated carbocycles. The highest BCUT2D eigenvalue weighted by molar-refractivity contribution is 5.87. The molecule has 0 aliphatic rings. The Labute approximate surface area is 138 Å². The van der Waals surface area contributed by atoms with Gasteiger partial charge in [0.15, 0.2) is 0 Å². The summed E-state index contributed by atoms with van der Waals surface area (Å²) in [5.74, 6) is -0.762. The molecule has 2 rings (SSSR count). The lowest BCUT2D eigenvalue weighted by Gasteiger charge is -2.13. The van der Waals surface area contributed by atoms with Crippen molar-refractivity contribution in [1.82, 2.24) is 30.4 Å². The summed E-state index contributed by atoms with van der Waals surface area (Å²) in [6.45, 7) is 3.75. The number of nitrogens with zero attached hydrogens (tertiary/aromatic N) is 4. The Morgan fingerprint density at radius 1 is 1.21 bits per heavy atom. The maximum atomic E-state index is 12.2. The largest absolute Gasteiger partial charge is 0.368 e. The minimum Gasteiger partial charge on any atom is -0.354 e. The first-order chi connectivity index (χ1) is 11.5. The number of aromatic nitrogens is 4. The average molecular weight is 332 g/mol. The number of rotatable bonds is 7. The van der Waals surface area contributed by atoms with Crippen molar-refractivity contribution in [2.24, 2.45) is 0 Å². The molecule has 1 aromatic heterocycles. The van der Waals surface area contributed by atoms with Gasteiger partial charge in [0.25, 0.3) is 0 Å². The van der Waals surface area contributed by atoms with E-state index in [4.69, 9.17) is 0 Å². The molecule has 2 N–H and O–H groups in total. The lowest BCUT2D eigenvalue weighted by Crippen LogP contribution is -2.46. The van der Waals surface area contributed by atoms with Gasteiger partial charge in [-0.05, 0) is 35.9 Å². The SMILES string of the molecule is CCCNC(=O)[C@H](C)NC(=O)Cn1nnn(-c2ccccc2)c1=O. The van der Waals surface area contributed by atoms with E-state index in [1.807, 2.05) is 13.0 Å². The molecule has 128 valence electrons. The van der Waals surface area contributed by atoms with Gasteiger partial charge in [0.2, 0.25) is 11.8 Å². The van der Waals surface area contributed by atoms with Gasteiger partial charge in [-0.15, -0.1) is 0 Å². The average Bonchev–Trinajstić information content (AvgIpc) is 2.94. The van der Waals surface area contributed by atoms with Crippen LogP contribution in [0.2, 0.25) is 0 Å². The van der Waals surface area contributed by atoms with E-state index >= 15 is 0 Å². The van der Waals surface area contributed by atoms with Gasteiger partial charge in [-0.1, -0.05) is 25.1 Å². The highest BCUT2D eigenvalue weighted by Crippen LogP contribution is 2.00. The topological polar surface area (TPSA) is 111 Å². The second kappa shape index (κ2) is 8.04. The standard InChI is InChI=1S/C15H20N6O3/c1-3-9-16-14(23)11(2)17-13(22)10-20-15(24)21(19-18-20)12-7-5-4-6-8-12/h4-8,11H,3,9-10H2,1-2H3,(H,16,23)(H,17,22)/t11-/m0/s1. The summed E-state index contributed by atoms with van der Waals surface area (Å²) < 4.78 is 2.05. The van der Waals surface area contributed by atoms with Crippen LogP contribution in [0.1, 0.15) is 20.3 Å². The number of tetrazole rings is 1. The van der Waals surface area contributed by atoms with Gasteiger partial charge in [-0.3, -0.25) is 9.59 Å². The van der Waals surface area contributed by atoms with Crippen molar-refractivity contribution < 1.29 is 9.59 Å². The molecule has 0 aliphatic carbocycles. The molecular weight excluding hydrogens is 312 g/mol. The number of para-hydroxylation sites is 1. The summed E-state index contributed by atoms with van der Waals surface area (Å²) in [6, 6.07) is 8.08. The Kier molecular flexibility index (Phi) is 5.83. The Morgan fingerprint density at radius 2 is 1.92 bits per heavy atom. The van der Waals surface area contributed by atoms with Crippen LogP contribution in [0.15, 0.2) is 35.1 Å². The minimum absolute atomic E-state index is 0.273. The van der Waals surface area contributed by atoms with Crippen LogP contribution in [0.25, 0.3) is 5.69 Å². The summed E-state index contributed by atoms with van der Waals surface area (Å²) in [5, 5.41) is 12.7. The van der Waals surface area contributed by atoms with Crippen LogP contribution in [0.3, 0.4) is 0 Å². The first-order valence-corrected chi connectivity index (χ1v) is 7.68. The molecular formula is C15H20N6O3. The lowest BCUT2D eigenvalue weighted by atomic mass is 10.3. The predicted molar refractivity (Wildman–Crippen MR) is 86.5 cm³/mol. The molecule has 1 heterocycles. The summed E-state index contributed by atoms with van der Waals surface area (Å²) in [6.07, 6.45) is 0.810. The van der Waals surface area contributed by atoms with Crippen molar-refractivity contribution in [2.45, 2.75) is 32.9 Å². The van der Waals surface area contributed by atoms with E-state index < -0.39 is 17.6 Å². The summed E-state index contributed by atoms with van der Waals surface area (Å²) in [7, 11) is 0. The summed E-state index contributed by atoms with van der Waals surface area (Å²) >= 11 is 0. The molecule has 9 nitrogen and oxygen atoms in total. The van der Waals surface area contributed by atoms with Gasteiger partial charge in [-0.25, -0.2) is 4.79 Å². The smallest absolute Gasteiger partial charge is 0.354 e. The van der Waals surface area contributed by atoms with Crippen LogP contribution in [0, 0.1) is 0 Å². The molecule has 24 heavy (non-hydrogen) atoms. The Hall–Kier alpha value is -2.97. The Bertz CT molecular complexity index is 752. The van der Waals surface area contributed by atoms with Crippen molar-refractivity contribution in [1.29, 1.82) is 0 Å². The zero-order chi connectivity index (χ0) is 17.5. The number of hydrogen-bond donors (Lipinski definition) is 2. The Balaban J connectivity index is 1.99. The van der Waals surface area contributed by atoms with E-state index in [1.54, 1.807) is 31.2 Å². The first kappa shape index (κ1) is 17.4. The molecule has 0 radical (unpaired) electrons. The third-order valence-corrected chi connectivity index (χ3v) is 3.25. The van der Waals surface area contributed by atoms with Gasteiger partial charge in [0.05, 0.1) is 5.69 Å². The molecule has 1 aromatic carbocycles. The van der Waals surface area contributed by atoms with Gasteiger partial charge in [-0.2, -0.15) is 9.36 Å². The van der Waals surface area contributed by atoms with Crippen molar-refractivity contribution >= 4 is 11.8 Å². The van der Waals surface area contributed by atoms with Crippen LogP contribution >= 0.6 is 0 Å². The zero-order valence-electron chi connectivity index (χ0n) is 13.6. The molecule has 1 atom stereocenters. The Morgan fingerprint density at radius 3 is 2.58 bits per heavy atom. The van der Waals surface area contributed by atoms with E-state index in [0.717, 1.165) is 15.8 Å². The first-order valence-electron chi connectivity index (χ1n) is 7.68. The van der Waals surface area contributed by atoms with Crippen LogP contribution in [-0.2, 0) is 16.1 Å². The molecule has 0 saturated heterocycles. The third kappa shape index (κ3) is 4.28. The maximum absolute atomic E-state index is 12.2. The molecule has 2 amide bonds. The highest BCUT2D eigenvalue weighted by atomic mass is 16.2. The molecule has 0 unspecified atom stereocenters. The van der Waals surface area contributed by atoms with E-state index in [9.17, 15) is 14.4 Å². The van der Waals surface area contributed by atoms with E-state index in [0.29, 0.717) is 12.2 Å². The van der Waals surface area contributed by atoms with E-state index in [2.05, 4.69) is 21.1 Å². The number of nitrogens with one attached hydrogen (secondary N) is 2. The number of benzene rings is 1. The van der Waals surface area contributed by atoms with Crippen LogP contribution in [0.5, 0.6) is 0 Å². The summed E-state index contributed by atoms with van der Waals surface area (Å²) in [5.41, 5.74) is 0.0286. The number of carbonyl (C=O) groups is 2. The van der Waals surface area contributed by atoms with E-state index in [-0.39, 0.29) is 12.5 Å². The molecule has 0 bridgehead atoms. The normalized spacial score (nSPS) is 11.8. The minimum atomic E-state index is -0.691. The third-order valence-electron chi connectivity index (χ3n) is 3.25. The fraction of sp³-hybridized carbons (Fsp3) is 0.400. The van der Waals surface area contributed by atoms with Gasteiger partial charge < -0.3 is 10.6 Å². The van der Waals surface area contributed by atoms with Crippen LogP contribution in [0.4, 0.5) is 0 Å². The maximum Gasteiger partial charge on any atom is 0.368 e. The number of amides is 2. The van der Waals surface area contributed by atoms with Crippen molar-refractivity contribution in [3.8, 4) is 5.69 Å². The fourth-order valence-corrected chi connectivity index (χ4v) is 1.99. The predicted octanol–water partition coefficient (Wildman–Crippen LogP) is -0.540.